The number of carbonyl (C=O) groups is 1. The quantitative estimate of drug-likeness (QED) is 0.477. The van der Waals surface area contributed by atoms with Crippen molar-refractivity contribution in [2.24, 2.45) is 0 Å². The second-order valence-corrected chi connectivity index (χ2v) is 4.21. The maximum Gasteiger partial charge on any atom is 0.476 e. The third kappa shape index (κ3) is 3.36. The average molecular weight is 314 g/mol. The van der Waals surface area contributed by atoms with Crippen molar-refractivity contribution < 1.29 is 31.8 Å². The Balaban J connectivity index is 2.15. The van der Waals surface area contributed by atoms with E-state index in [4.69, 9.17) is 0 Å². The van der Waals surface area contributed by atoms with Gasteiger partial charge >= 0.3 is 18.0 Å². The van der Waals surface area contributed by atoms with Gasteiger partial charge in [-0.3, -0.25) is 0 Å². The Labute approximate surface area is 123 Å². The lowest BCUT2D eigenvalue weighted by atomic mass is 10.3. The summed E-state index contributed by atoms with van der Waals surface area (Å²) in [5, 5.41) is 0. The molecule has 0 spiro atoms. The van der Waals surface area contributed by atoms with Gasteiger partial charge in [-0.1, -0.05) is 36.4 Å². The number of rotatable bonds is 5. The average Bonchev–Trinajstić information content (AvgIpc) is 2.48. The molecule has 3 nitrogen and oxygen atoms in total. The van der Waals surface area contributed by atoms with Crippen molar-refractivity contribution in [3.05, 3.63) is 60.7 Å². The highest BCUT2D eigenvalue weighted by Crippen LogP contribution is 2.37. The highest BCUT2D eigenvalue weighted by atomic mass is 19.3. The lowest BCUT2D eigenvalue weighted by Gasteiger charge is -2.24. The maximum atomic E-state index is 13.6. The fourth-order valence-electron chi connectivity index (χ4n) is 1.48. The summed E-state index contributed by atoms with van der Waals surface area (Å²) in [7, 11) is 0. The fourth-order valence-corrected chi connectivity index (χ4v) is 1.48. The molecule has 2 aromatic rings. The smallest absolute Gasteiger partial charge is 0.428 e. The lowest BCUT2D eigenvalue weighted by molar-refractivity contribution is -0.300. The van der Waals surface area contributed by atoms with Gasteiger partial charge in [0.05, 0.1) is 0 Å². The van der Waals surface area contributed by atoms with Crippen LogP contribution in [0.2, 0.25) is 0 Å². The summed E-state index contributed by atoms with van der Waals surface area (Å²) in [4.78, 5) is 11.3. The molecule has 2 aromatic carbocycles. The standard InChI is InChI=1S/C15H10F4O3/c16-14(17,13(20)21-11-7-3-1-4-8-11)15(18,19)22-12-9-5-2-6-10-12/h1-10H. The summed E-state index contributed by atoms with van der Waals surface area (Å²) < 4.78 is 62.6. The van der Waals surface area contributed by atoms with Crippen LogP contribution in [0.3, 0.4) is 0 Å². The molecule has 0 saturated heterocycles. The molecule has 0 aromatic heterocycles. The normalized spacial score (nSPS) is 11.8. The zero-order valence-electron chi connectivity index (χ0n) is 11.0. The van der Waals surface area contributed by atoms with E-state index in [1.165, 1.54) is 42.5 Å². The van der Waals surface area contributed by atoms with Gasteiger partial charge in [0.1, 0.15) is 11.5 Å². The van der Waals surface area contributed by atoms with Gasteiger partial charge in [-0.15, -0.1) is 0 Å². The summed E-state index contributed by atoms with van der Waals surface area (Å²) in [6.07, 6.45) is -5.06. The van der Waals surface area contributed by atoms with Gasteiger partial charge in [-0.05, 0) is 24.3 Å². The minimum absolute atomic E-state index is 0.275. The number of benzene rings is 2. The van der Waals surface area contributed by atoms with Crippen molar-refractivity contribution in [1.82, 2.24) is 0 Å². The first kappa shape index (κ1) is 15.8. The minimum atomic E-state index is -5.15. The van der Waals surface area contributed by atoms with Gasteiger partial charge in [-0.25, -0.2) is 4.79 Å². The van der Waals surface area contributed by atoms with Crippen LogP contribution < -0.4 is 9.47 Å². The van der Waals surface area contributed by atoms with Crippen LogP contribution >= 0.6 is 0 Å². The zero-order valence-corrected chi connectivity index (χ0v) is 11.0. The van der Waals surface area contributed by atoms with E-state index in [2.05, 4.69) is 9.47 Å². The summed E-state index contributed by atoms with van der Waals surface area (Å²) >= 11 is 0. The first-order chi connectivity index (χ1) is 10.3. The van der Waals surface area contributed by atoms with Crippen LogP contribution in [0.5, 0.6) is 11.5 Å². The molecule has 0 heterocycles. The van der Waals surface area contributed by atoms with Gasteiger partial charge in [0.25, 0.3) is 0 Å². The van der Waals surface area contributed by atoms with Crippen LogP contribution in [0.25, 0.3) is 0 Å². The number of alkyl halides is 4. The first-order valence-corrected chi connectivity index (χ1v) is 6.10. The second kappa shape index (κ2) is 6.05. The molecule has 116 valence electrons. The molecule has 0 radical (unpaired) electrons. The van der Waals surface area contributed by atoms with Crippen LogP contribution in [-0.4, -0.2) is 18.0 Å². The monoisotopic (exact) mass is 314 g/mol. The maximum absolute atomic E-state index is 13.6. The number of carbonyl (C=O) groups excluding carboxylic acids is 1. The second-order valence-electron chi connectivity index (χ2n) is 4.21. The van der Waals surface area contributed by atoms with Gasteiger partial charge in [0.2, 0.25) is 0 Å². The molecule has 0 saturated carbocycles. The lowest BCUT2D eigenvalue weighted by Crippen LogP contribution is -2.52. The largest absolute Gasteiger partial charge is 0.476 e. The van der Waals surface area contributed by atoms with Crippen molar-refractivity contribution >= 4 is 5.97 Å². The Hall–Kier alpha value is -2.57. The van der Waals surface area contributed by atoms with Crippen LogP contribution in [0.1, 0.15) is 0 Å². The van der Waals surface area contributed by atoms with Crippen molar-refractivity contribution in [3.8, 4) is 11.5 Å². The summed E-state index contributed by atoms with van der Waals surface area (Å²) in [5.41, 5.74) is 0. The van der Waals surface area contributed by atoms with E-state index < -0.39 is 23.7 Å². The molecule has 0 unspecified atom stereocenters. The Bertz CT molecular complexity index is 630. The van der Waals surface area contributed by atoms with Crippen LogP contribution in [0.4, 0.5) is 17.6 Å². The van der Waals surface area contributed by atoms with Crippen molar-refractivity contribution in [1.29, 1.82) is 0 Å². The first-order valence-electron chi connectivity index (χ1n) is 6.10. The molecule has 7 heteroatoms. The third-order valence-corrected chi connectivity index (χ3v) is 2.56. The zero-order chi connectivity index (χ0) is 16.2. The van der Waals surface area contributed by atoms with Gasteiger partial charge in [0.15, 0.2) is 0 Å². The fraction of sp³-hybridized carbons (Fsp3) is 0.133. The topological polar surface area (TPSA) is 35.5 Å². The molecule has 0 aliphatic rings. The van der Waals surface area contributed by atoms with Crippen LogP contribution in [0, 0.1) is 0 Å². The molecular formula is C15H10F4O3. The number of para-hydroxylation sites is 2. The van der Waals surface area contributed by atoms with Gasteiger partial charge < -0.3 is 9.47 Å². The molecular weight excluding hydrogens is 304 g/mol. The molecule has 22 heavy (non-hydrogen) atoms. The Morgan fingerprint density at radius 2 is 1.23 bits per heavy atom. The predicted molar refractivity (Wildman–Crippen MR) is 69.0 cm³/mol. The number of halogens is 4. The Morgan fingerprint density at radius 1 is 0.773 bits per heavy atom. The number of esters is 1. The number of ether oxygens (including phenoxy) is 2. The molecule has 0 amide bonds. The van der Waals surface area contributed by atoms with E-state index in [1.54, 1.807) is 6.07 Å². The highest BCUT2D eigenvalue weighted by Gasteiger charge is 2.66. The third-order valence-electron chi connectivity index (χ3n) is 2.56. The molecule has 0 aliphatic heterocycles. The molecule has 0 bridgehead atoms. The SMILES string of the molecule is O=C(Oc1ccccc1)C(F)(F)C(F)(F)Oc1ccccc1. The van der Waals surface area contributed by atoms with E-state index in [-0.39, 0.29) is 5.75 Å². The molecule has 0 atom stereocenters. The molecule has 2 rings (SSSR count). The highest BCUT2D eigenvalue weighted by molar-refractivity contribution is 5.81. The Morgan fingerprint density at radius 3 is 1.73 bits per heavy atom. The van der Waals surface area contributed by atoms with Crippen molar-refractivity contribution in [3.63, 3.8) is 0 Å². The van der Waals surface area contributed by atoms with Gasteiger partial charge in [-0.2, -0.15) is 17.6 Å². The van der Waals surface area contributed by atoms with E-state index in [0.717, 1.165) is 12.1 Å². The van der Waals surface area contributed by atoms with E-state index in [0.29, 0.717) is 0 Å². The van der Waals surface area contributed by atoms with E-state index in [9.17, 15) is 22.4 Å². The number of hydrogen-bond donors (Lipinski definition) is 0. The molecule has 0 N–H and O–H groups in total. The predicted octanol–water partition coefficient (Wildman–Crippen LogP) is 3.90. The molecule has 0 aliphatic carbocycles. The summed E-state index contributed by atoms with van der Waals surface area (Å²) in [5.74, 6) is -8.33. The molecule has 0 fully saturated rings. The Kier molecular flexibility index (Phi) is 4.35. The minimum Gasteiger partial charge on any atom is -0.428 e. The summed E-state index contributed by atoms with van der Waals surface area (Å²) in [6, 6.07) is 13.0. The van der Waals surface area contributed by atoms with Crippen LogP contribution in [0.15, 0.2) is 60.7 Å². The summed E-state index contributed by atoms with van der Waals surface area (Å²) in [6.45, 7) is 0. The van der Waals surface area contributed by atoms with Crippen LogP contribution in [-0.2, 0) is 4.79 Å². The number of hydrogen-bond acceptors (Lipinski definition) is 3. The van der Waals surface area contributed by atoms with E-state index >= 15 is 0 Å². The van der Waals surface area contributed by atoms with Crippen molar-refractivity contribution in [2.45, 2.75) is 12.0 Å². The van der Waals surface area contributed by atoms with Gasteiger partial charge in [0, 0.05) is 0 Å². The van der Waals surface area contributed by atoms with Crippen molar-refractivity contribution in [2.75, 3.05) is 0 Å². The van der Waals surface area contributed by atoms with E-state index in [1.807, 2.05) is 0 Å².